The molecule has 7 nitrogen and oxygen atoms in total. The number of amides is 2. The molecule has 0 unspecified atom stereocenters. The van der Waals surface area contributed by atoms with Crippen molar-refractivity contribution in [2.75, 3.05) is 5.32 Å². The fourth-order valence-electron chi connectivity index (χ4n) is 2.75. The van der Waals surface area contributed by atoms with Crippen LogP contribution >= 0.6 is 23.2 Å². The molecule has 1 aliphatic carbocycles. The molecule has 1 saturated carbocycles. The Morgan fingerprint density at radius 3 is 2.38 bits per heavy atom. The third-order valence-electron chi connectivity index (χ3n) is 3.96. The van der Waals surface area contributed by atoms with Crippen molar-refractivity contribution in [1.82, 2.24) is 10.3 Å². The minimum absolute atomic E-state index is 0.0141. The van der Waals surface area contributed by atoms with Gasteiger partial charge in [0.15, 0.2) is 0 Å². The van der Waals surface area contributed by atoms with Gasteiger partial charge in [0, 0.05) is 11.6 Å². The summed E-state index contributed by atoms with van der Waals surface area (Å²) in [6.45, 7) is 5.71. The molecule has 0 atom stereocenters. The molecule has 1 aromatic rings. The van der Waals surface area contributed by atoms with E-state index in [4.69, 9.17) is 33.7 Å². The summed E-state index contributed by atoms with van der Waals surface area (Å²) >= 11 is 12.1. The third-order valence-corrected chi connectivity index (χ3v) is 4.54. The number of carbonyl (C=O) groups is 2. The maximum Gasteiger partial charge on any atom is 0.407 e. The van der Waals surface area contributed by atoms with Gasteiger partial charge in [-0.1, -0.05) is 23.2 Å². The molecule has 0 bridgehead atoms. The first-order chi connectivity index (χ1) is 12.0. The molecule has 4 N–H and O–H groups in total. The van der Waals surface area contributed by atoms with E-state index >= 15 is 0 Å². The van der Waals surface area contributed by atoms with E-state index in [2.05, 4.69) is 15.6 Å². The summed E-state index contributed by atoms with van der Waals surface area (Å²) < 4.78 is 5.46. The number of hydrogen-bond donors (Lipinski definition) is 3. The first kappa shape index (κ1) is 20.6. The van der Waals surface area contributed by atoms with Crippen LogP contribution in [0.4, 0.5) is 10.6 Å². The van der Waals surface area contributed by atoms with Crippen molar-refractivity contribution in [1.29, 1.82) is 0 Å². The summed E-state index contributed by atoms with van der Waals surface area (Å²) in [6.07, 6.45) is 2.55. The molecular formula is C17H24Cl2N4O3. The van der Waals surface area contributed by atoms with E-state index in [1.807, 2.05) is 20.8 Å². The lowest BCUT2D eigenvalue weighted by Crippen LogP contribution is -2.43. The SMILES string of the molecule is CC(C)(C)NC(=O)OC1CCC(Nc2nc(Cl)c(C(N)=O)cc2Cl)CC1. The van der Waals surface area contributed by atoms with E-state index in [0.29, 0.717) is 5.82 Å². The predicted octanol–water partition coefficient (Wildman–Crippen LogP) is 3.74. The van der Waals surface area contributed by atoms with E-state index in [-0.39, 0.29) is 33.4 Å². The van der Waals surface area contributed by atoms with Gasteiger partial charge in [-0.15, -0.1) is 0 Å². The molecule has 1 aliphatic rings. The Morgan fingerprint density at radius 1 is 1.23 bits per heavy atom. The zero-order valence-electron chi connectivity index (χ0n) is 15.1. The predicted molar refractivity (Wildman–Crippen MR) is 102 cm³/mol. The van der Waals surface area contributed by atoms with E-state index in [1.165, 1.54) is 6.07 Å². The van der Waals surface area contributed by atoms with Crippen LogP contribution in [0.15, 0.2) is 6.07 Å². The van der Waals surface area contributed by atoms with Gasteiger partial charge in [-0.2, -0.15) is 0 Å². The first-order valence-electron chi connectivity index (χ1n) is 8.46. The van der Waals surface area contributed by atoms with Gasteiger partial charge < -0.3 is 21.1 Å². The highest BCUT2D eigenvalue weighted by Gasteiger charge is 2.26. The van der Waals surface area contributed by atoms with E-state index in [0.717, 1.165) is 25.7 Å². The van der Waals surface area contributed by atoms with Crippen LogP contribution in [-0.4, -0.2) is 34.7 Å². The lowest BCUT2D eigenvalue weighted by Gasteiger charge is -2.30. The van der Waals surface area contributed by atoms with Crippen LogP contribution in [0.5, 0.6) is 0 Å². The number of ether oxygens (including phenoxy) is 1. The van der Waals surface area contributed by atoms with Crippen LogP contribution in [0.3, 0.4) is 0 Å². The summed E-state index contributed by atoms with van der Waals surface area (Å²) in [5, 5.41) is 6.32. The topological polar surface area (TPSA) is 106 Å². The van der Waals surface area contributed by atoms with Crippen LogP contribution in [0.25, 0.3) is 0 Å². The van der Waals surface area contributed by atoms with Crippen LogP contribution in [0.2, 0.25) is 10.2 Å². The summed E-state index contributed by atoms with van der Waals surface area (Å²) in [7, 11) is 0. The normalized spacial score (nSPS) is 20.3. The molecule has 1 aromatic heterocycles. The molecule has 1 fully saturated rings. The number of hydrogen-bond acceptors (Lipinski definition) is 5. The average molecular weight is 403 g/mol. The summed E-state index contributed by atoms with van der Waals surface area (Å²) in [6, 6.07) is 1.54. The molecular weight excluding hydrogens is 379 g/mol. The number of carbonyl (C=O) groups excluding carboxylic acids is 2. The summed E-state index contributed by atoms with van der Waals surface area (Å²) in [4.78, 5) is 27.2. The number of pyridine rings is 1. The van der Waals surface area contributed by atoms with Crippen molar-refractivity contribution in [2.24, 2.45) is 5.73 Å². The number of alkyl carbamates (subject to hydrolysis) is 1. The van der Waals surface area contributed by atoms with Crippen molar-refractivity contribution in [3.8, 4) is 0 Å². The Labute approximate surface area is 163 Å². The van der Waals surface area contributed by atoms with Gasteiger partial charge in [0.1, 0.15) is 17.1 Å². The molecule has 0 aliphatic heterocycles. The van der Waals surface area contributed by atoms with Crippen LogP contribution in [0, 0.1) is 0 Å². The van der Waals surface area contributed by atoms with Gasteiger partial charge in [0.05, 0.1) is 10.6 Å². The second-order valence-corrected chi connectivity index (χ2v) is 8.18. The molecule has 144 valence electrons. The monoisotopic (exact) mass is 402 g/mol. The number of halogens is 2. The Morgan fingerprint density at radius 2 is 1.85 bits per heavy atom. The molecule has 9 heteroatoms. The van der Waals surface area contributed by atoms with Gasteiger partial charge in [0.2, 0.25) is 0 Å². The van der Waals surface area contributed by atoms with Gasteiger partial charge in [-0.05, 0) is 52.5 Å². The van der Waals surface area contributed by atoms with Crippen molar-refractivity contribution < 1.29 is 14.3 Å². The van der Waals surface area contributed by atoms with E-state index in [1.54, 1.807) is 0 Å². The number of nitrogens with zero attached hydrogens (tertiary/aromatic N) is 1. The second kappa shape index (κ2) is 8.31. The van der Waals surface area contributed by atoms with Crippen molar-refractivity contribution in [3.05, 3.63) is 21.8 Å². The molecule has 2 amide bonds. The van der Waals surface area contributed by atoms with Gasteiger partial charge in [-0.3, -0.25) is 4.79 Å². The minimum atomic E-state index is -0.679. The van der Waals surface area contributed by atoms with Gasteiger partial charge >= 0.3 is 6.09 Å². The highest BCUT2D eigenvalue weighted by molar-refractivity contribution is 6.36. The number of rotatable bonds is 4. The lowest BCUT2D eigenvalue weighted by atomic mass is 9.93. The Kier molecular flexibility index (Phi) is 6.58. The molecule has 26 heavy (non-hydrogen) atoms. The quantitative estimate of drug-likeness (QED) is 0.664. The number of primary amides is 1. The maximum atomic E-state index is 11.8. The molecule has 1 heterocycles. The number of nitrogens with two attached hydrogens (primary N) is 1. The first-order valence-corrected chi connectivity index (χ1v) is 9.22. The standard InChI is InChI=1S/C17H24Cl2N4O3/c1-17(2,3)23-16(25)26-10-6-4-9(5-7-10)21-15-12(18)8-11(14(20)24)13(19)22-15/h8-10H,4-7H2,1-3H3,(H2,20,24)(H,21,22)(H,23,25). The summed E-state index contributed by atoms with van der Waals surface area (Å²) in [5.41, 5.74) is 4.98. The zero-order chi connectivity index (χ0) is 19.5. The smallest absolute Gasteiger partial charge is 0.407 e. The average Bonchev–Trinajstić information content (AvgIpc) is 2.50. The fourth-order valence-corrected chi connectivity index (χ4v) is 3.18. The maximum absolute atomic E-state index is 11.8. The van der Waals surface area contributed by atoms with Crippen molar-refractivity contribution >= 4 is 41.0 Å². The third kappa shape index (κ3) is 5.92. The largest absolute Gasteiger partial charge is 0.446 e. The van der Waals surface area contributed by atoms with E-state index < -0.39 is 12.0 Å². The Hall–Kier alpha value is -1.73. The molecule has 0 spiro atoms. The molecule has 0 radical (unpaired) electrons. The Balaban J connectivity index is 1.88. The van der Waals surface area contributed by atoms with E-state index in [9.17, 15) is 9.59 Å². The van der Waals surface area contributed by atoms with Gasteiger partial charge in [-0.25, -0.2) is 9.78 Å². The number of anilines is 1. The molecule has 0 saturated heterocycles. The summed E-state index contributed by atoms with van der Waals surface area (Å²) in [5.74, 6) is -0.265. The highest BCUT2D eigenvalue weighted by Crippen LogP contribution is 2.29. The molecule has 2 rings (SSSR count). The van der Waals surface area contributed by atoms with Crippen LogP contribution in [0.1, 0.15) is 56.8 Å². The highest BCUT2D eigenvalue weighted by atomic mass is 35.5. The number of aromatic nitrogens is 1. The minimum Gasteiger partial charge on any atom is -0.446 e. The van der Waals surface area contributed by atoms with Crippen LogP contribution in [-0.2, 0) is 4.74 Å². The molecule has 0 aromatic carbocycles. The van der Waals surface area contributed by atoms with Crippen molar-refractivity contribution in [3.63, 3.8) is 0 Å². The van der Waals surface area contributed by atoms with Crippen molar-refractivity contribution in [2.45, 2.75) is 64.1 Å². The zero-order valence-corrected chi connectivity index (χ0v) is 16.6. The van der Waals surface area contributed by atoms with Crippen LogP contribution < -0.4 is 16.4 Å². The number of nitrogens with one attached hydrogen (secondary N) is 2. The lowest BCUT2D eigenvalue weighted by molar-refractivity contribution is 0.0682. The Bertz CT molecular complexity index is 683. The second-order valence-electron chi connectivity index (χ2n) is 7.42. The fraction of sp³-hybridized carbons (Fsp3) is 0.588. The van der Waals surface area contributed by atoms with Gasteiger partial charge in [0.25, 0.3) is 5.91 Å².